The van der Waals surface area contributed by atoms with Gasteiger partial charge in [0.15, 0.2) is 0 Å². The van der Waals surface area contributed by atoms with Gasteiger partial charge in [-0.3, -0.25) is 9.52 Å². The van der Waals surface area contributed by atoms with Crippen molar-refractivity contribution in [3.8, 4) is 16.9 Å². The molecule has 1 aromatic heterocycles. The average molecular weight is 491 g/mol. The molecule has 0 atom stereocenters. The van der Waals surface area contributed by atoms with Crippen molar-refractivity contribution in [2.45, 2.75) is 11.3 Å². The van der Waals surface area contributed by atoms with Crippen molar-refractivity contribution in [3.05, 3.63) is 64.6 Å². The lowest BCUT2D eigenvalue weighted by atomic mass is 10.0. The SMILES string of the molecule is COc1ccc(F)cc1-c1ccc(S(=O)(=O)Nc2cscc2CC(=O)N2CCOCC2)cc1. The Morgan fingerprint density at radius 2 is 1.88 bits per heavy atom. The van der Waals surface area contributed by atoms with E-state index in [1.807, 2.05) is 0 Å². The number of hydrogen-bond acceptors (Lipinski definition) is 6. The maximum atomic E-state index is 13.7. The fourth-order valence-electron chi connectivity index (χ4n) is 3.56. The summed E-state index contributed by atoms with van der Waals surface area (Å²) in [5, 5.41) is 3.45. The molecule has 0 aliphatic carbocycles. The van der Waals surface area contributed by atoms with Gasteiger partial charge in [0.25, 0.3) is 10.0 Å². The van der Waals surface area contributed by atoms with E-state index in [1.54, 1.807) is 27.8 Å². The highest BCUT2D eigenvalue weighted by Gasteiger charge is 2.21. The summed E-state index contributed by atoms with van der Waals surface area (Å²) in [5.41, 5.74) is 2.16. The van der Waals surface area contributed by atoms with Gasteiger partial charge in [-0.15, -0.1) is 11.3 Å². The topological polar surface area (TPSA) is 84.9 Å². The second kappa shape index (κ2) is 9.90. The molecule has 33 heavy (non-hydrogen) atoms. The van der Waals surface area contributed by atoms with Crippen LogP contribution < -0.4 is 9.46 Å². The summed E-state index contributed by atoms with van der Waals surface area (Å²) >= 11 is 1.32. The number of halogens is 1. The number of carbonyl (C=O) groups excluding carboxylic acids is 1. The van der Waals surface area contributed by atoms with Crippen molar-refractivity contribution in [2.24, 2.45) is 0 Å². The highest BCUT2D eigenvalue weighted by molar-refractivity contribution is 7.92. The number of ether oxygens (including phenoxy) is 2. The normalized spacial score (nSPS) is 14.2. The first-order chi connectivity index (χ1) is 15.9. The fourth-order valence-corrected chi connectivity index (χ4v) is 5.52. The summed E-state index contributed by atoms with van der Waals surface area (Å²) < 4.78 is 52.8. The minimum absolute atomic E-state index is 0.0540. The lowest BCUT2D eigenvalue weighted by Crippen LogP contribution is -2.41. The molecule has 7 nitrogen and oxygen atoms in total. The number of sulfonamides is 1. The van der Waals surface area contributed by atoms with Crippen LogP contribution in [0.1, 0.15) is 5.56 Å². The number of thiophene rings is 1. The molecule has 0 unspecified atom stereocenters. The summed E-state index contributed by atoms with van der Waals surface area (Å²) in [6.07, 6.45) is 0.111. The number of benzene rings is 2. The predicted molar refractivity (Wildman–Crippen MR) is 125 cm³/mol. The first-order valence-corrected chi connectivity index (χ1v) is 12.7. The van der Waals surface area contributed by atoms with Gasteiger partial charge >= 0.3 is 0 Å². The Bertz CT molecular complexity index is 1240. The van der Waals surface area contributed by atoms with E-state index < -0.39 is 15.8 Å². The summed E-state index contributed by atoms with van der Waals surface area (Å²) in [4.78, 5) is 14.3. The molecule has 1 fully saturated rings. The molecule has 4 rings (SSSR count). The van der Waals surface area contributed by atoms with Gasteiger partial charge in [0.1, 0.15) is 11.6 Å². The number of methoxy groups -OCH3 is 1. The third kappa shape index (κ3) is 5.35. The molecule has 0 radical (unpaired) electrons. The number of nitrogens with zero attached hydrogens (tertiary/aromatic N) is 1. The van der Waals surface area contributed by atoms with E-state index in [0.717, 1.165) is 0 Å². The van der Waals surface area contributed by atoms with Gasteiger partial charge in [-0.05, 0) is 46.8 Å². The molecular formula is C23H23FN2O5S2. The monoisotopic (exact) mass is 490 g/mol. The predicted octanol–water partition coefficient (Wildman–Crippen LogP) is 3.76. The number of amides is 1. The van der Waals surface area contributed by atoms with Crippen molar-refractivity contribution in [2.75, 3.05) is 38.1 Å². The molecule has 3 aromatic rings. The van der Waals surface area contributed by atoms with E-state index in [0.29, 0.717) is 54.4 Å². The molecule has 0 spiro atoms. The van der Waals surface area contributed by atoms with Gasteiger partial charge in [0.2, 0.25) is 5.91 Å². The van der Waals surface area contributed by atoms with Crippen LogP contribution in [0.25, 0.3) is 11.1 Å². The van der Waals surface area contributed by atoms with Crippen LogP contribution in [0.2, 0.25) is 0 Å². The van der Waals surface area contributed by atoms with E-state index >= 15 is 0 Å². The largest absolute Gasteiger partial charge is 0.496 e. The molecule has 1 amide bonds. The molecule has 1 N–H and O–H groups in total. The molecule has 0 saturated carbocycles. The molecule has 0 bridgehead atoms. The highest BCUT2D eigenvalue weighted by atomic mass is 32.2. The standard InChI is InChI=1S/C23H23FN2O5S2/c1-30-22-7-4-18(24)13-20(22)16-2-5-19(6-3-16)33(28,29)25-21-15-32-14-17(21)12-23(27)26-8-10-31-11-9-26/h2-7,13-15,25H,8-12H2,1H3. The van der Waals surface area contributed by atoms with Crippen molar-refractivity contribution < 1.29 is 27.1 Å². The Morgan fingerprint density at radius 3 is 2.58 bits per heavy atom. The molecule has 1 aliphatic rings. The van der Waals surface area contributed by atoms with E-state index in [1.165, 1.54) is 48.8 Å². The third-order valence-electron chi connectivity index (χ3n) is 5.33. The van der Waals surface area contributed by atoms with Crippen LogP contribution in [0.5, 0.6) is 5.75 Å². The van der Waals surface area contributed by atoms with Crippen LogP contribution in [0, 0.1) is 5.82 Å². The summed E-state index contributed by atoms with van der Waals surface area (Å²) in [6, 6.07) is 10.3. The Labute approximate surface area is 195 Å². The van der Waals surface area contributed by atoms with E-state index in [4.69, 9.17) is 9.47 Å². The van der Waals surface area contributed by atoms with E-state index in [-0.39, 0.29) is 17.2 Å². The first-order valence-electron chi connectivity index (χ1n) is 10.2. The van der Waals surface area contributed by atoms with Gasteiger partial charge in [-0.2, -0.15) is 0 Å². The summed E-state index contributed by atoms with van der Waals surface area (Å²) in [6.45, 7) is 2.08. The smallest absolute Gasteiger partial charge is 0.261 e. The van der Waals surface area contributed by atoms with Crippen LogP contribution >= 0.6 is 11.3 Å². The zero-order valence-corrected chi connectivity index (χ0v) is 19.5. The van der Waals surface area contributed by atoms with Gasteiger partial charge in [0, 0.05) is 24.0 Å². The van der Waals surface area contributed by atoms with Crippen LogP contribution in [-0.2, 0) is 26.0 Å². The van der Waals surface area contributed by atoms with Crippen LogP contribution in [0.4, 0.5) is 10.1 Å². The molecule has 2 aromatic carbocycles. The summed E-state index contributed by atoms with van der Waals surface area (Å²) in [5.74, 6) is 0.00398. The van der Waals surface area contributed by atoms with E-state index in [9.17, 15) is 17.6 Å². The number of nitrogens with one attached hydrogen (secondary N) is 1. The van der Waals surface area contributed by atoms with Gasteiger partial charge in [-0.25, -0.2) is 12.8 Å². The van der Waals surface area contributed by atoms with Crippen LogP contribution in [-0.4, -0.2) is 52.6 Å². The lowest BCUT2D eigenvalue weighted by molar-refractivity contribution is -0.134. The molecule has 10 heteroatoms. The van der Waals surface area contributed by atoms with Gasteiger partial charge in [-0.1, -0.05) is 12.1 Å². The maximum absolute atomic E-state index is 13.7. The lowest BCUT2D eigenvalue weighted by Gasteiger charge is -2.26. The number of hydrogen-bond donors (Lipinski definition) is 1. The Morgan fingerprint density at radius 1 is 1.15 bits per heavy atom. The minimum Gasteiger partial charge on any atom is -0.496 e. The average Bonchev–Trinajstić information content (AvgIpc) is 3.25. The number of rotatable bonds is 7. The van der Waals surface area contributed by atoms with Crippen LogP contribution in [0.3, 0.4) is 0 Å². The van der Waals surface area contributed by atoms with E-state index in [2.05, 4.69) is 4.72 Å². The quantitative estimate of drug-likeness (QED) is 0.545. The number of morpholine rings is 1. The molecule has 1 aliphatic heterocycles. The molecular weight excluding hydrogens is 467 g/mol. The van der Waals surface area contributed by atoms with Gasteiger partial charge in [0.05, 0.1) is 37.3 Å². The van der Waals surface area contributed by atoms with Crippen molar-refractivity contribution in [1.82, 2.24) is 4.90 Å². The molecule has 2 heterocycles. The van der Waals surface area contributed by atoms with Crippen molar-refractivity contribution in [3.63, 3.8) is 0 Å². The van der Waals surface area contributed by atoms with Crippen molar-refractivity contribution in [1.29, 1.82) is 0 Å². The first kappa shape index (κ1) is 23.2. The maximum Gasteiger partial charge on any atom is 0.261 e. The second-order valence-electron chi connectivity index (χ2n) is 7.46. The van der Waals surface area contributed by atoms with Crippen LogP contribution in [0.15, 0.2) is 58.1 Å². The second-order valence-corrected chi connectivity index (χ2v) is 9.88. The number of carbonyl (C=O) groups is 1. The Balaban J connectivity index is 1.50. The van der Waals surface area contributed by atoms with Gasteiger partial charge < -0.3 is 14.4 Å². The minimum atomic E-state index is -3.88. The Kier molecular flexibility index (Phi) is 6.96. The zero-order chi connectivity index (χ0) is 23.4. The zero-order valence-electron chi connectivity index (χ0n) is 17.9. The third-order valence-corrected chi connectivity index (χ3v) is 7.50. The fraction of sp³-hybridized carbons (Fsp3) is 0.261. The molecule has 174 valence electrons. The highest BCUT2D eigenvalue weighted by Crippen LogP contribution is 2.32. The number of anilines is 1. The Hall–Kier alpha value is -2.95. The van der Waals surface area contributed by atoms with Crippen molar-refractivity contribution >= 4 is 33.0 Å². The summed E-state index contributed by atoms with van der Waals surface area (Å²) in [7, 11) is -2.39. The molecule has 1 saturated heterocycles.